The molecule has 0 aromatic carbocycles. The minimum absolute atomic E-state index is 0.0434. The molecule has 2 heterocycles. The number of nitrogens with zero attached hydrogens (tertiary/aromatic N) is 4. The van der Waals surface area contributed by atoms with Gasteiger partial charge in [-0.3, -0.25) is 9.67 Å². The summed E-state index contributed by atoms with van der Waals surface area (Å²) in [6.45, 7) is 2.54. The SMILES string of the molecule is CC[C@H](c1ccncc1)N(C)C(=O)NCc1cnn(C)c1. The van der Waals surface area contributed by atoms with E-state index in [1.165, 1.54) is 0 Å². The van der Waals surface area contributed by atoms with Crippen LogP contribution < -0.4 is 5.32 Å². The molecule has 2 rings (SSSR count). The number of aryl methyl sites for hydroxylation is 1. The molecule has 1 atom stereocenters. The van der Waals surface area contributed by atoms with Crippen LogP contribution >= 0.6 is 0 Å². The summed E-state index contributed by atoms with van der Waals surface area (Å²) in [5, 5.41) is 7.00. The van der Waals surface area contributed by atoms with Crippen LogP contribution in [0.2, 0.25) is 0 Å². The van der Waals surface area contributed by atoms with Crippen molar-refractivity contribution in [3.8, 4) is 0 Å². The number of pyridine rings is 1. The normalized spacial score (nSPS) is 12.0. The van der Waals surface area contributed by atoms with Gasteiger partial charge in [0.25, 0.3) is 0 Å². The van der Waals surface area contributed by atoms with Crippen molar-refractivity contribution >= 4 is 6.03 Å². The molecule has 0 spiro atoms. The molecule has 0 radical (unpaired) electrons. The zero-order chi connectivity index (χ0) is 15.2. The second-order valence-electron chi connectivity index (χ2n) is 5.00. The minimum atomic E-state index is -0.0949. The van der Waals surface area contributed by atoms with Crippen LogP contribution in [0.3, 0.4) is 0 Å². The van der Waals surface area contributed by atoms with E-state index < -0.39 is 0 Å². The van der Waals surface area contributed by atoms with Gasteiger partial charge in [0, 0.05) is 44.8 Å². The number of rotatable bonds is 5. The third-order valence-electron chi connectivity index (χ3n) is 3.47. The maximum absolute atomic E-state index is 12.3. The maximum atomic E-state index is 12.3. The van der Waals surface area contributed by atoms with Crippen molar-refractivity contribution in [2.75, 3.05) is 7.05 Å². The van der Waals surface area contributed by atoms with E-state index in [-0.39, 0.29) is 12.1 Å². The van der Waals surface area contributed by atoms with E-state index in [9.17, 15) is 4.79 Å². The van der Waals surface area contributed by atoms with Crippen LogP contribution in [-0.2, 0) is 13.6 Å². The van der Waals surface area contributed by atoms with Crippen LogP contribution in [0.5, 0.6) is 0 Å². The first kappa shape index (κ1) is 15.0. The summed E-state index contributed by atoms with van der Waals surface area (Å²) in [5.74, 6) is 0. The van der Waals surface area contributed by atoms with Gasteiger partial charge in [0.05, 0.1) is 12.2 Å². The fourth-order valence-corrected chi connectivity index (χ4v) is 2.33. The highest BCUT2D eigenvalue weighted by molar-refractivity contribution is 5.74. The first-order valence-electron chi connectivity index (χ1n) is 7.00. The van der Waals surface area contributed by atoms with Gasteiger partial charge in [-0.1, -0.05) is 6.92 Å². The van der Waals surface area contributed by atoms with Crippen LogP contribution in [0.15, 0.2) is 36.9 Å². The Morgan fingerprint density at radius 3 is 2.71 bits per heavy atom. The lowest BCUT2D eigenvalue weighted by molar-refractivity contribution is 0.188. The lowest BCUT2D eigenvalue weighted by Gasteiger charge is -2.27. The molecular formula is C15H21N5O. The second-order valence-corrected chi connectivity index (χ2v) is 5.00. The number of carbonyl (C=O) groups is 1. The van der Waals surface area contributed by atoms with E-state index in [1.807, 2.05) is 32.4 Å². The van der Waals surface area contributed by atoms with Crippen molar-refractivity contribution < 1.29 is 4.79 Å². The van der Waals surface area contributed by atoms with Crippen molar-refractivity contribution in [2.45, 2.75) is 25.9 Å². The smallest absolute Gasteiger partial charge is 0.317 e. The van der Waals surface area contributed by atoms with E-state index >= 15 is 0 Å². The minimum Gasteiger partial charge on any atom is -0.334 e. The molecule has 0 aliphatic heterocycles. The summed E-state index contributed by atoms with van der Waals surface area (Å²) in [5.41, 5.74) is 2.07. The van der Waals surface area contributed by atoms with Gasteiger partial charge in [-0.2, -0.15) is 5.10 Å². The molecule has 6 heteroatoms. The molecule has 0 saturated heterocycles. The molecule has 1 N–H and O–H groups in total. The molecule has 0 aliphatic carbocycles. The van der Waals surface area contributed by atoms with Gasteiger partial charge in [-0.15, -0.1) is 0 Å². The predicted octanol–water partition coefficient (Wildman–Crippen LogP) is 2.11. The average Bonchev–Trinajstić information content (AvgIpc) is 2.92. The van der Waals surface area contributed by atoms with Crippen LogP contribution in [0.25, 0.3) is 0 Å². The number of aromatic nitrogens is 3. The van der Waals surface area contributed by atoms with Gasteiger partial charge >= 0.3 is 6.03 Å². The number of carbonyl (C=O) groups excluding carboxylic acids is 1. The molecule has 0 bridgehead atoms. The quantitative estimate of drug-likeness (QED) is 0.916. The van der Waals surface area contributed by atoms with Crippen molar-refractivity contribution in [3.63, 3.8) is 0 Å². The van der Waals surface area contributed by atoms with Gasteiger partial charge in [0.15, 0.2) is 0 Å². The van der Waals surface area contributed by atoms with Crippen molar-refractivity contribution in [2.24, 2.45) is 7.05 Å². The van der Waals surface area contributed by atoms with E-state index in [0.717, 1.165) is 17.5 Å². The van der Waals surface area contributed by atoms with Crippen molar-refractivity contribution in [1.82, 2.24) is 25.0 Å². The molecule has 0 saturated carbocycles. The Labute approximate surface area is 124 Å². The van der Waals surface area contributed by atoms with Crippen molar-refractivity contribution in [3.05, 3.63) is 48.0 Å². The number of hydrogen-bond acceptors (Lipinski definition) is 3. The first-order chi connectivity index (χ1) is 10.1. The molecule has 2 aromatic heterocycles. The molecule has 0 unspecified atom stereocenters. The fraction of sp³-hybridized carbons (Fsp3) is 0.400. The highest BCUT2D eigenvalue weighted by Gasteiger charge is 2.19. The summed E-state index contributed by atoms with van der Waals surface area (Å²) in [6.07, 6.45) is 7.99. The zero-order valence-electron chi connectivity index (χ0n) is 12.7. The van der Waals surface area contributed by atoms with Gasteiger partial charge < -0.3 is 10.2 Å². The summed E-state index contributed by atoms with van der Waals surface area (Å²) in [4.78, 5) is 18.0. The fourth-order valence-electron chi connectivity index (χ4n) is 2.33. The topological polar surface area (TPSA) is 63.1 Å². The Kier molecular flexibility index (Phi) is 4.92. The van der Waals surface area contributed by atoms with Crippen LogP contribution in [0.1, 0.15) is 30.5 Å². The Bertz CT molecular complexity index is 581. The lowest BCUT2D eigenvalue weighted by Crippen LogP contribution is -2.39. The average molecular weight is 287 g/mol. The van der Waals surface area contributed by atoms with E-state index in [2.05, 4.69) is 22.3 Å². The molecule has 112 valence electrons. The summed E-state index contributed by atoms with van der Waals surface area (Å²) >= 11 is 0. The Morgan fingerprint density at radius 2 is 2.14 bits per heavy atom. The Balaban J connectivity index is 1.97. The van der Waals surface area contributed by atoms with Gasteiger partial charge in [-0.25, -0.2) is 4.79 Å². The largest absolute Gasteiger partial charge is 0.334 e. The molecule has 6 nitrogen and oxygen atoms in total. The molecule has 0 fully saturated rings. The Hall–Kier alpha value is -2.37. The van der Waals surface area contributed by atoms with Crippen LogP contribution in [-0.4, -0.2) is 32.7 Å². The summed E-state index contributed by atoms with van der Waals surface area (Å²) in [6, 6.07) is 3.84. The molecule has 2 amide bonds. The number of nitrogens with one attached hydrogen (secondary N) is 1. The molecule has 0 aliphatic rings. The number of amides is 2. The monoisotopic (exact) mass is 287 g/mol. The van der Waals surface area contributed by atoms with Crippen molar-refractivity contribution in [1.29, 1.82) is 0 Å². The van der Waals surface area contributed by atoms with Gasteiger partial charge in [-0.05, 0) is 24.1 Å². The molecule has 2 aromatic rings. The zero-order valence-corrected chi connectivity index (χ0v) is 12.7. The summed E-state index contributed by atoms with van der Waals surface area (Å²) < 4.78 is 1.72. The standard InChI is InChI=1S/C15H21N5O/c1-4-14(13-5-7-16-8-6-13)20(3)15(21)17-9-12-10-18-19(2)11-12/h5-8,10-11,14H,4,9H2,1-3H3,(H,17,21)/t14-/m1/s1. The maximum Gasteiger partial charge on any atom is 0.317 e. The second kappa shape index (κ2) is 6.88. The van der Waals surface area contributed by atoms with E-state index in [4.69, 9.17) is 0 Å². The highest BCUT2D eigenvalue weighted by atomic mass is 16.2. The number of hydrogen-bond donors (Lipinski definition) is 1. The summed E-state index contributed by atoms with van der Waals surface area (Å²) in [7, 11) is 3.67. The van der Waals surface area contributed by atoms with E-state index in [1.54, 1.807) is 28.2 Å². The van der Waals surface area contributed by atoms with Crippen LogP contribution in [0, 0.1) is 0 Å². The third-order valence-corrected chi connectivity index (χ3v) is 3.47. The highest BCUT2D eigenvalue weighted by Crippen LogP contribution is 2.22. The van der Waals surface area contributed by atoms with Gasteiger partial charge in [0.2, 0.25) is 0 Å². The van der Waals surface area contributed by atoms with E-state index in [0.29, 0.717) is 6.54 Å². The third kappa shape index (κ3) is 3.81. The number of urea groups is 1. The molecule has 21 heavy (non-hydrogen) atoms. The van der Waals surface area contributed by atoms with Gasteiger partial charge in [0.1, 0.15) is 0 Å². The Morgan fingerprint density at radius 1 is 1.43 bits per heavy atom. The van der Waals surface area contributed by atoms with Crippen LogP contribution in [0.4, 0.5) is 4.79 Å². The molecular weight excluding hydrogens is 266 g/mol. The first-order valence-corrected chi connectivity index (χ1v) is 7.00. The predicted molar refractivity (Wildman–Crippen MR) is 80.5 cm³/mol. The lowest BCUT2D eigenvalue weighted by atomic mass is 10.1.